The third-order valence-electron chi connectivity index (χ3n) is 3.88. The van der Waals surface area contributed by atoms with Gasteiger partial charge >= 0.3 is 0 Å². The minimum Gasteiger partial charge on any atom is -0.382 e. The van der Waals surface area contributed by atoms with Crippen LogP contribution in [0, 0.1) is 0 Å². The first-order valence-corrected chi connectivity index (χ1v) is 9.03. The molecule has 0 aliphatic carbocycles. The summed E-state index contributed by atoms with van der Waals surface area (Å²) in [6, 6.07) is 7.80. The topological polar surface area (TPSA) is 70.2 Å². The van der Waals surface area contributed by atoms with E-state index in [1.165, 1.54) is 26.3 Å². The number of piperidine rings is 1. The van der Waals surface area contributed by atoms with Gasteiger partial charge in [0.15, 0.2) is 0 Å². The van der Waals surface area contributed by atoms with Crippen molar-refractivity contribution in [2.45, 2.75) is 49.6 Å². The van der Waals surface area contributed by atoms with Gasteiger partial charge in [-0.2, -0.15) is 0 Å². The summed E-state index contributed by atoms with van der Waals surface area (Å²) in [5.41, 5.74) is 0.842. The highest BCUT2D eigenvalue weighted by atomic mass is 32.2. The van der Waals surface area contributed by atoms with Crippen LogP contribution in [0.3, 0.4) is 0 Å². The summed E-state index contributed by atoms with van der Waals surface area (Å²) in [6.07, 6.45) is 4.83. The summed E-state index contributed by atoms with van der Waals surface area (Å²) >= 11 is 0. The van der Waals surface area contributed by atoms with E-state index in [9.17, 15) is 8.42 Å². The largest absolute Gasteiger partial charge is 0.382 e. The molecule has 3 N–H and O–H groups in total. The normalized spacial score (nSPS) is 21.0. The second kappa shape index (κ2) is 7.24. The Bertz CT molecular complexity index is 554. The summed E-state index contributed by atoms with van der Waals surface area (Å²) in [7, 11) is -1.96. The lowest BCUT2D eigenvalue weighted by Gasteiger charge is -2.27. The van der Waals surface area contributed by atoms with Gasteiger partial charge in [-0.25, -0.2) is 13.1 Å². The van der Waals surface area contributed by atoms with Crippen molar-refractivity contribution >= 4 is 15.7 Å². The third kappa shape index (κ3) is 4.69. The molecule has 21 heavy (non-hydrogen) atoms. The average Bonchev–Trinajstić information content (AvgIpc) is 2.48. The van der Waals surface area contributed by atoms with Gasteiger partial charge in [-0.3, -0.25) is 0 Å². The Morgan fingerprint density at radius 3 is 2.86 bits per heavy atom. The predicted molar refractivity (Wildman–Crippen MR) is 86.0 cm³/mol. The number of anilines is 1. The van der Waals surface area contributed by atoms with Gasteiger partial charge in [-0.05, 0) is 58.0 Å². The van der Waals surface area contributed by atoms with E-state index in [4.69, 9.17) is 0 Å². The van der Waals surface area contributed by atoms with Crippen molar-refractivity contribution < 1.29 is 8.42 Å². The van der Waals surface area contributed by atoms with Gasteiger partial charge in [0.2, 0.25) is 10.0 Å². The Balaban J connectivity index is 1.97. The molecule has 118 valence electrons. The first-order valence-electron chi connectivity index (χ1n) is 7.55. The second-order valence-electron chi connectivity index (χ2n) is 5.66. The molecule has 5 nitrogen and oxygen atoms in total. The highest BCUT2D eigenvalue weighted by molar-refractivity contribution is 7.89. The lowest BCUT2D eigenvalue weighted by Crippen LogP contribution is -2.37. The maximum Gasteiger partial charge on any atom is 0.240 e. The van der Waals surface area contributed by atoms with Crippen LogP contribution in [0.2, 0.25) is 0 Å². The predicted octanol–water partition coefficient (Wildman–Crippen LogP) is 1.93. The van der Waals surface area contributed by atoms with Gasteiger partial charge in [0.1, 0.15) is 0 Å². The minimum absolute atomic E-state index is 0.290. The maximum absolute atomic E-state index is 11.8. The summed E-state index contributed by atoms with van der Waals surface area (Å²) in [5, 5.41) is 6.93. The van der Waals surface area contributed by atoms with Crippen molar-refractivity contribution in [2.24, 2.45) is 0 Å². The standard InChI is InChI=1S/C15H25N3O2S/c1-12(10-13-6-3-4-9-17-13)18-14-7-5-8-15(11-14)21(19,20)16-2/h5,7-8,11-13,16-18H,3-4,6,9-10H2,1-2H3. The van der Waals surface area contributed by atoms with Crippen molar-refractivity contribution in [1.82, 2.24) is 10.0 Å². The van der Waals surface area contributed by atoms with Gasteiger partial charge in [0.25, 0.3) is 0 Å². The molecule has 1 fully saturated rings. The zero-order valence-electron chi connectivity index (χ0n) is 12.7. The van der Waals surface area contributed by atoms with Gasteiger partial charge in [-0.1, -0.05) is 12.5 Å². The zero-order valence-corrected chi connectivity index (χ0v) is 13.5. The van der Waals surface area contributed by atoms with E-state index >= 15 is 0 Å². The van der Waals surface area contributed by atoms with E-state index in [-0.39, 0.29) is 4.90 Å². The molecule has 2 unspecified atom stereocenters. The van der Waals surface area contributed by atoms with Crippen molar-refractivity contribution in [3.8, 4) is 0 Å². The summed E-state index contributed by atoms with van der Waals surface area (Å²) in [5.74, 6) is 0. The van der Waals surface area contributed by atoms with Crippen LogP contribution in [0.5, 0.6) is 0 Å². The molecule has 6 heteroatoms. The first-order chi connectivity index (χ1) is 10.0. The van der Waals surface area contributed by atoms with Gasteiger partial charge in [0, 0.05) is 17.8 Å². The Morgan fingerprint density at radius 2 is 2.19 bits per heavy atom. The van der Waals surface area contributed by atoms with E-state index in [0.717, 1.165) is 18.7 Å². The van der Waals surface area contributed by atoms with E-state index in [0.29, 0.717) is 12.1 Å². The molecule has 2 atom stereocenters. The smallest absolute Gasteiger partial charge is 0.240 e. The summed E-state index contributed by atoms with van der Waals surface area (Å²) in [4.78, 5) is 0.290. The Morgan fingerprint density at radius 1 is 1.38 bits per heavy atom. The monoisotopic (exact) mass is 311 g/mol. The molecule has 1 saturated heterocycles. The van der Waals surface area contributed by atoms with Gasteiger partial charge < -0.3 is 10.6 Å². The Hall–Kier alpha value is -1.11. The molecule has 0 saturated carbocycles. The van der Waals surface area contributed by atoms with Crippen molar-refractivity contribution in [3.63, 3.8) is 0 Å². The number of hydrogen-bond acceptors (Lipinski definition) is 4. The van der Waals surface area contributed by atoms with Crippen LogP contribution in [0.15, 0.2) is 29.2 Å². The highest BCUT2D eigenvalue weighted by Crippen LogP contribution is 2.18. The van der Waals surface area contributed by atoms with Crippen LogP contribution in [0.1, 0.15) is 32.6 Å². The number of hydrogen-bond donors (Lipinski definition) is 3. The van der Waals surface area contributed by atoms with Crippen LogP contribution in [0.4, 0.5) is 5.69 Å². The molecule has 1 aromatic rings. The lowest BCUT2D eigenvalue weighted by atomic mass is 9.99. The summed E-state index contributed by atoms with van der Waals surface area (Å²) in [6.45, 7) is 3.24. The number of benzene rings is 1. The SMILES string of the molecule is CNS(=O)(=O)c1cccc(NC(C)CC2CCCCN2)c1. The quantitative estimate of drug-likeness (QED) is 0.751. The molecule has 1 aliphatic heterocycles. The number of nitrogens with one attached hydrogen (secondary N) is 3. The number of rotatable bonds is 6. The van der Waals surface area contributed by atoms with Crippen LogP contribution >= 0.6 is 0 Å². The molecule has 0 amide bonds. The van der Waals surface area contributed by atoms with E-state index in [2.05, 4.69) is 22.3 Å². The number of sulfonamides is 1. The fourth-order valence-electron chi connectivity index (χ4n) is 2.77. The second-order valence-corrected chi connectivity index (χ2v) is 7.55. The van der Waals surface area contributed by atoms with E-state index in [1.807, 2.05) is 6.07 Å². The molecule has 1 heterocycles. The van der Waals surface area contributed by atoms with E-state index in [1.54, 1.807) is 18.2 Å². The van der Waals surface area contributed by atoms with Crippen molar-refractivity contribution in [1.29, 1.82) is 0 Å². The lowest BCUT2D eigenvalue weighted by molar-refractivity contribution is 0.371. The summed E-state index contributed by atoms with van der Waals surface area (Å²) < 4.78 is 26.0. The molecule has 1 aliphatic rings. The van der Waals surface area contributed by atoms with Gasteiger partial charge in [-0.15, -0.1) is 0 Å². The molecule has 0 radical (unpaired) electrons. The van der Waals surface area contributed by atoms with E-state index < -0.39 is 10.0 Å². The molecular weight excluding hydrogens is 286 g/mol. The van der Waals surface area contributed by atoms with Crippen LogP contribution in [-0.2, 0) is 10.0 Å². The molecule has 0 bridgehead atoms. The molecule has 0 spiro atoms. The Kier molecular flexibility index (Phi) is 5.61. The van der Waals surface area contributed by atoms with Crippen LogP contribution < -0.4 is 15.4 Å². The molecular formula is C15H25N3O2S. The molecule has 1 aromatic carbocycles. The minimum atomic E-state index is -3.39. The van der Waals surface area contributed by atoms with Crippen LogP contribution in [0.25, 0.3) is 0 Å². The zero-order chi connectivity index (χ0) is 15.3. The van der Waals surface area contributed by atoms with Gasteiger partial charge in [0.05, 0.1) is 4.90 Å². The fraction of sp³-hybridized carbons (Fsp3) is 0.600. The highest BCUT2D eigenvalue weighted by Gasteiger charge is 2.16. The Labute approximate surface area is 127 Å². The first kappa shape index (κ1) is 16.3. The van der Waals surface area contributed by atoms with Crippen molar-refractivity contribution in [2.75, 3.05) is 18.9 Å². The maximum atomic E-state index is 11.8. The van der Waals surface area contributed by atoms with Crippen LogP contribution in [-0.4, -0.2) is 34.1 Å². The average molecular weight is 311 g/mol. The fourth-order valence-corrected chi connectivity index (χ4v) is 3.54. The van der Waals surface area contributed by atoms with Crippen molar-refractivity contribution in [3.05, 3.63) is 24.3 Å². The molecule has 2 rings (SSSR count). The molecule has 0 aromatic heterocycles. The third-order valence-corrected chi connectivity index (χ3v) is 5.29.